The van der Waals surface area contributed by atoms with Crippen LogP contribution < -0.4 is 5.82 Å². The summed E-state index contributed by atoms with van der Waals surface area (Å²) in [6, 6.07) is 0. The Kier molecular flexibility index (Phi) is 2.59. The molecule has 0 aromatic carbocycles. The molecule has 0 saturated heterocycles. The van der Waals surface area contributed by atoms with Crippen molar-refractivity contribution in [3.05, 3.63) is 40.4 Å². The molecule has 0 atom stereocenters. The number of hydrogen-bond acceptors (Lipinski definition) is 6. The number of rotatable bonds is 3. The Morgan fingerprint density at radius 3 is 2.94 bits per heavy atom. The standard InChI is InChI=1S/C9H8N2O5/c1-5-7(16-9(13)15-5)3-14-8(12)6-2-10-4-11-6/h2,4H,3H2,1H3,(H,10,11). The maximum atomic E-state index is 11.4. The lowest BCUT2D eigenvalue weighted by Crippen LogP contribution is -2.05. The maximum absolute atomic E-state index is 11.4. The highest BCUT2D eigenvalue weighted by atomic mass is 16.6. The fourth-order valence-corrected chi connectivity index (χ4v) is 1.08. The second-order valence-electron chi connectivity index (χ2n) is 2.97. The van der Waals surface area contributed by atoms with E-state index in [2.05, 4.69) is 18.8 Å². The summed E-state index contributed by atoms with van der Waals surface area (Å²) >= 11 is 0. The van der Waals surface area contributed by atoms with Crippen LogP contribution >= 0.6 is 0 Å². The molecule has 0 aliphatic heterocycles. The predicted molar refractivity (Wildman–Crippen MR) is 49.7 cm³/mol. The smallest absolute Gasteiger partial charge is 0.453 e. The Morgan fingerprint density at radius 1 is 1.56 bits per heavy atom. The van der Waals surface area contributed by atoms with Crippen LogP contribution in [0, 0.1) is 6.92 Å². The SMILES string of the molecule is Cc1oc(=O)oc1COC(=O)c1cnc[nH]1. The van der Waals surface area contributed by atoms with Crippen LogP contribution in [0.3, 0.4) is 0 Å². The van der Waals surface area contributed by atoms with Crippen LogP contribution in [0.15, 0.2) is 26.2 Å². The molecule has 7 heteroatoms. The van der Waals surface area contributed by atoms with Crippen LogP contribution in [0.25, 0.3) is 0 Å². The average Bonchev–Trinajstić information content (AvgIpc) is 2.84. The van der Waals surface area contributed by atoms with Gasteiger partial charge in [0.2, 0.25) is 0 Å². The lowest BCUT2D eigenvalue weighted by Gasteiger charge is -1.99. The Hall–Kier alpha value is -2.31. The van der Waals surface area contributed by atoms with E-state index < -0.39 is 11.8 Å². The van der Waals surface area contributed by atoms with Crippen molar-refractivity contribution in [1.82, 2.24) is 9.97 Å². The first-order chi connectivity index (χ1) is 7.66. The summed E-state index contributed by atoms with van der Waals surface area (Å²) in [4.78, 5) is 28.3. The number of aromatic amines is 1. The van der Waals surface area contributed by atoms with Crippen molar-refractivity contribution in [2.45, 2.75) is 13.5 Å². The number of esters is 1. The van der Waals surface area contributed by atoms with Gasteiger partial charge in [0.05, 0.1) is 12.5 Å². The fourth-order valence-electron chi connectivity index (χ4n) is 1.08. The van der Waals surface area contributed by atoms with Crippen LogP contribution in [0.5, 0.6) is 0 Å². The zero-order valence-corrected chi connectivity index (χ0v) is 8.35. The van der Waals surface area contributed by atoms with E-state index in [9.17, 15) is 9.59 Å². The van der Waals surface area contributed by atoms with Crippen molar-refractivity contribution in [2.24, 2.45) is 0 Å². The lowest BCUT2D eigenvalue weighted by atomic mass is 10.4. The first-order valence-corrected chi connectivity index (χ1v) is 4.41. The molecule has 7 nitrogen and oxygen atoms in total. The fraction of sp³-hybridized carbons (Fsp3) is 0.222. The molecule has 2 rings (SSSR count). The zero-order chi connectivity index (χ0) is 11.5. The molecular formula is C9H8N2O5. The highest BCUT2D eigenvalue weighted by Gasteiger charge is 2.13. The minimum absolute atomic E-state index is 0.157. The maximum Gasteiger partial charge on any atom is 0.519 e. The van der Waals surface area contributed by atoms with Crippen LogP contribution in [-0.4, -0.2) is 15.9 Å². The summed E-state index contributed by atoms with van der Waals surface area (Å²) < 4.78 is 14.1. The number of imidazole rings is 1. The molecule has 0 fully saturated rings. The average molecular weight is 224 g/mol. The van der Waals surface area contributed by atoms with Crippen molar-refractivity contribution < 1.29 is 18.4 Å². The Bertz CT molecular complexity index is 537. The molecule has 0 amide bonds. The van der Waals surface area contributed by atoms with E-state index in [4.69, 9.17) is 4.74 Å². The quantitative estimate of drug-likeness (QED) is 0.767. The van der Waals surface area contributed by atoms with E-state index >= 15 is 0 Å². The van der Waals surface area contributed by atoms with Gasteiger partial charge in [-0.3, -0.25) is 0 Å². The number of aromatic nitrogens is 2. The van der Waals surface area contributed by atoms with Crippen molar-refractivity contribution in [3.8, 4) is 0 Å². The van der Waals surface area contributed by atoms with Gasteiger partial charge in [-0.05, 0) is 6.92 Å². The number of carbonyl (C=O) groups excluding carboxylic acids is 1. The molecule has 0 aliphatic rings. The Morgan fingerprint density at radius 2 is 2.38 bits per heavy atom. The van der Waals surface area contributed by atoms with E-state index in [0.29, 0.717) is 5.76 Å². The van der Waals surface area contributed by atoms with E-state index in [1.165, 1.54) is 12.5 Å². The summed E-state index contributed by atoms with van der Waals surface area (Å²) in [7, 11) is 0. The third-order valence-corrected chi connectivity index (χ3v) is 1.89. The van der Waals surface area contributed by atoms with Gasteiger partial charge in [0.25, 0.3) is 0 Å². The molecule has 0 spiro atoms. The minimum Gasteiger partial charge on any atom is -0.453 e. The summed E-state index contributed by atoms with van der Waals surface area (Å²) in [5, 5.41) is 0. The van der Waals surface area contributed by atoms with Gasteiger partial charge in [-0.25, -0.2) is 14.6 Å². The predicted octanol–water partition coefficient (Wildman–Crippen LogP) is 0.621. The number of nitrogens with one attached hydrogen (secondary N) is 1. The van der Waals surface area contributed by atoms with Crippen molar-refractivity contribution >= 4 is 5.97 Å². The molecule has 1 N–H and O–H groups in total. The molecule has 0 unspecified atom stereocenters. The molecule has 84 valence electrons. The van der Waals surface area contributed by atoms with Crippen molar-refractivity contribution in [3.63, 3.8) is 0 Å². The first kappa shape index (κ1) is 10.2. The molecule has 2 aromatic heterocycles. The second-order valence-corrected chi connectivity index (χ2v) is 2.97. The topological polar surface area (TPSA) is 98.3 Å². The third-order valence-electron chi connectivity index (χ3n) is 1.89. The third kappa shape index (κ3) is 2.02. The molecular weight excluding hydrogens is 216 g/mol. The van der Waals surface area contributed by atoms with Gasteiger partial charge >= 0.3 is 11.8 Å². The van der Waals surface area contributed by atoms with E-state index in [1.54, 1.807) is 6.92 Å². The molecule has 0 saturated carbocycles. The van der Waals surface area contributed by atoms with Gasteiger partial charge in [0.15, 0.2) is 18.1 Å². The second kappa shape index (κ2) is 4.05. The molecule has 0 bridgehead atoms. The highest BCUT2D eigenvalue weighted by molar-refractivity contribution is 5.86. The van der Waals surface area contributed by atoms with Crippen molar-refractivity contribution in [2.75, 3.05) is 0 Å². The lowest BCUT2D eigenvalue weighted by molar-refractivity contribution is 0.0436. The summed E-state index contributed by atoms with van der Waals surface area (Å²) in [5.74, 6) is -0.911. The number of H-pyrrole nitrogens is 1. The number of carbonyl (C=O) groups is 1. The van der Waals surface area contributed by atoms with Crippen LogP contribution in [0.4, 0.5) is 0 Å². The van der Waals surface area contributed by atoms with E-state index in [-0.39, 0.29) is 18.1 Å². The monoisotopic (exact) mass is 224 g/mol. The van der Waals surface area contributed by atoms with E-state index in [1.807, 2.05) is 0 Å². The van der Waals surface area contributed by atoms with Crippen LogP contribution in [-0.2, 0) is 11.3 Å². The minimum atomic E-state index is -0.815. The largest absolute Gasteiger partial charge is 0.519 e. The van der Waals surface area contributed by atoms with Gasteiger partial charge in [-0.2, -0.15) is 0 Å². The molecule has 0 radical (unpaired) electrons. The van der Waals surface area contributed by atoms with Crippen LogP contribution in [0.2, 0.25) is 0 Å². The first-order valence-electron chi connectivity index (χ1n) is 4.41. The van der Waals surface area contributed by atoms with Gasteiger partial charge in [-0.1, -0.05) is 0 Å². The van der Waals surface area contributed by atoms with Gasteiger partial charge in [-0.15, -0.1) is 0 Å². The van der Waals surface area contributed by atoms with Gasteiger partial charge < -0.3 is 18.6 Å². The Labute approximate surface area is 89.0 Å². The molecule has 2 aromatic rings. The van der Waals surface area contributed by atoms with Crippen molar-refractivity contribution in [1.29, 1.82) is 0 Å². The molecule has 2 heterocycles. The van der Waals surface area contributed by atoms with Gasteiger partial charge in [0, 0.05) is 0 Å². The number of ether oxygens (including phenoxy) is 1. The normalized spacial score (nSPS) is 10.3. The van der Waals surface area contributed by atoms with Crippen LogP contribution in [0.1, 0.15) is 22.0 Å². The number of nitrogens with zero attached hydrogens (tertiary/aromatic N) is 1. The summed E-state index contributed by atoms with van der Waals surface area (Å²) in [6.45, 7) is 1.39. The number of aryl methyl sites for hydroxylation is 1. The zero-order valence-electron chi connectivity index (χ0n) is 8.35. The van der Waals surface area contributed by atoms with E-state index in [0.717, 1.165) is 0 Å². The van der Waals surface area contributed by atoms with Gasteiger partial charge in [0.1, 0.15) is 5.69 Å². The Balaban J connectivity index is 2.00. The molecule has 16 heavy (non-hydrogen) atoms. The summed E-state index contributed by atoms with van der Waals surface area (Å²) in [6.07, 6.45) is 2.69. The summed E-state index contributed by atoms with van der Waals surface area (Å²) in [5.41, 5.74) is 0.225. The molecule has 0 aliphatic carbocycles. The highest BCUT2D eigenvalue weighted by Crippen LogP contribution is 2.07. The number of hydrogen-bond donors (Lipinski definition) is 1.